The number of para-hydroxylation sites is 1. The van der Waals surface area contributed by atoms with Crippen LogP contribution < -0.4 is 5.32 Å². The zero-order valence-corrected chi connectivity index (χ0v) is 16.8. The van der Waals surface area contributed by atoms with Gasteiger partial charge in [0, 0.05) is 23.6 Å². The maximum Gasteiger partial charge on any atom is 0.0912 e. The van der Waals surface area contributed by atoms with Gasteiger partial charge in [0.1, 0.15) is 0 Å². The van der Waals surface area contributed by atoms with E-state index in [2.05, 4.69) is 71.5 Å². The zero-order valence-electron chi connectivity index (χ0n) is 16.8. The van der Waals surface area contributed by atoms with Gasteiger partial charge in [0.2, 0.25) is 0 Å². The third-order valence-corrected chi connectivity index (χ3v) is 6.26. The Morgan fingerprint density at radius 2 is 1.71 bits per heavy atom. The highest BCUT2D eigenvalue weighted by molar-refractivity contribution is 5.84. The Labute approximate surface area is 168 Å². The van der Waals surface area contributed by atoms with Crippen LogP contribution in [0, 0.1) is 12.8 Å². The lowest BCUT2D eigenvalue weighted by molar-refractivity contribution is 0.127. The van der Waals surface area contributed by atoms with Crippen LogP contribution in [0.15, 0.2) is 60.8 Å². The molecule has 1 aliphatic carbocycles. The van der Waals surface area contributed by atoms with Crippen LogP contribution in [-0.4, -0.2) is 28.9 Å². The SMILES string of the molecule is Cc1cn([C@H](c2ccccc2)[C@@H](O)CNCC2CCCCC2)c2ccccc12. The number of hydrogen-bond acceptors (Lipinski definition) is 2. The topological polar surface area (TPSA) is 37.2 Å². The number of aromatic nitrogens is 1. The Kier molecular flexibility index (Phi) is 6.13. The van der Waals surface area contributed by atoms with Crippen molar-refractivity contribution < 1.29 is 5.11 Å². The number of rotatable bonds is 7. The molecule has 2 N–H and O–H groups in total. The van der Waals surface area contributed by atoms with Gasteiger partial charge in [0.25, 0.3) is 0 Å². The number of benzene rings is 2. The van der Waals surface area contributed by atoms with Gasteiger partial charge < -0.3 is 15.0 Å². The largest absolute Gasteiger partial charge is 0.389 e. The molecule has 2 atom stereocenters. The normalized spacial score (nSPS) is 17.6. The van der Waals surface area contributed by atoms with E-state index < -0.39 is 6.10 Å². The lowest BCUT2D eigenvalue weighted by atomic mass is 9.89. The van der Waals surface area contributed by atoms with Crippen LogP contribution in [0.3, 0.4) is 0 Å². The number of fused-ring (bicyclic) bond motifs is 1. The van der Waals surface area contributed by atoms with Crippen LogP contribution in [-0.2, 0) is 0 Å². The average Bonchev–Trinajstić information content (AvgIpc) is 3.06. The Hall–Kier alpha value is -2.10. The summed E-state index contributed by atoms with van der Waals surface area (Å²) in [4.78, 5) is 0. The van der Waals surface area contributed by atoms with Crippen LogP contribution in [0.25, 0.3) is 10.9 Å². The van der Waals surface area contributed by atoms with E-state index in [1.54, 1.807) is 0 Å². The molecule has 1 aromatic heterocycles. The first-order valence-corrected chi connectivity index (χ1v) is 10.7. The van der Waals surface area contributed by atoms with Gasteiger partial charge in [0.05, 0.1) is 12.1 Å². The fourth-order valence-electron chi connectivity index (χ4n) is 4.77. The molecule has 0 radical (unpaired) electrons. The molecule has 4 rings (SSSR count). The lowest BCUT2D eigenvalue weighted by Crippen LogP contribution is -2.37. The molecule has 3 aromatic rings. The van der Waals surface area contributed by atoms with Crippen molar-refractivity contribution in [1.82, 2.24) is 9.88 Å². The number of aryl methyl sites for hydroxylation is 1. The van der Waals surface area contributed by atoms with E-state index >= 15 is 0 Å². The van der Waals surface area contributed by atoms with Gasteiger partial charge in [-0.1, -0.05) is 67.8 Å². The van der Waals surface area contributed by atoms with Crippen LogP contribution in [0.2, 0.25) is 0 Å². The summed E-state index contributed by atoms with van der Waals surface area (Å²) in [6.45, 7) is 3.78. The van der Waals surface area contributed by atoms with Crippen molar-refractivity contribution in [3.63, 3.8) is 0 Å². The minimum Gasteiger partial charge on any atom is -0.389 e. The molecule has 0 bridgehead atoms. The molecule has 1 aliphatic rings. The van der Waals surface area contributed by atoms with Crippen LogP contribution >= 0.6 is 0 Å². The number of aliphatic hydroxyl groups excluding tert-OH is 1. The Balaban J connectivity index is 1.57. The molecule has 2 aromatic carbocycles. The molecule has 1 saturated carbocycles. The molecule has 0 aliphatic heterocycles. The van der Waals surface area contributed by atoms with E-state index in [0.29, 0.717) is 6.54 Å². The summed E-state index contributed by atoms with van der Waals surface area (Å²) >= 11 is 0. The Morgan fingerprint density at radius 3 is 2.50 bits per heavy atom. The summed E-state index contributed by atoms with van der Waals surface area (Å²) in [5.41, 5.74) is 3.58. The van der Waals surface area contributed by atoms with Gasteiger partial charge in [-0.3, -0.25) is 0 Å². The number of nitrogens with one attached hydrogen (secondary N) is 1. The number of hydrogen-bond donors (Lipinski definition) is 2. The molecule has 0 amide bonds. The smallest absolute Gasteiger partial charge is 0.0912 e. The van der Waals surface area contributed by atoms with Crippen LogP contribution in [0.1, 0.15) is 49.3 Å². The molecule has 0 saturated heterocycles. The second-order valence-electron chi connectivity index (χ2n) is 8.32. The van der Waals surface area contributed by atoms with Crippen molar-refractivity contribution in [1.29, 1.82) is 0 Å². The molecule has 28 heavy (non-hydrogen) atoms. The number of nitrogens with zero attached hydrogens (tertiary/aromatic N) is 1. The van der Waals surface area contributed by atoms with Crippen molar-refractivity contribution in [3.8, 4) is 0 Å². The lowest BCUT2D eigenvalue weighted by Gasteiger charge is -2.28. The minimum absolute atomic E-state index is 0.0985. The summed E-state index contributed by atoms with van der Waals surface area (Å²) in [6.07, 6.45) is 8.45. The van der Waals surface area contributed by atoms with Gasteiger partial charge in [-0.05, 0) is 49.4 Å². The third-order valence-electron chi connectivity index (χ3n) is 6.26. The quantitative estimate of drug-likeness (QED) is 0.604. The van der Waals surface area contributed by atoms with Crippen LogP contribution in [0.4, 0.5) is 0 Å². The van der Waals surface area contributed by atoms with E-state index in [-0.39, 0.29) is 6.04 Å². The van der Waals surface area contributed by atoms with Gasteiger partial charge in [-0.15, -0.1) is 0 Å². The van der Waals surface area contributed by atoms with Gasteiger partial charge >= 0.3 is 0 Å². The molecular weight excluding hydrogens is 344 g/mol. The minimum atomic E-state index is -0.485. The highest BCUT2D eigenvalue weighted by Gasteiger charge is 2.25. The van der Waals surface area contributed by atoms with Crippen molar-refractivity contribution in [3.05, 3.63) is 71.9 Å². The third kappa shape index (κ3) is 4.16. The predicted octanol–water partition coefficient (Wildman–Crippen LogP) is 5.07. The summed E-state index contributed by atoms with van der Waals surface area (Å²) in [5, 5.41) is 16.1. The zero-order chi connectivity index (χ0) is 19.3. The van der Waals surface area contributed by atoms with Crippen molar-refractivity contribution in [2.45, 2.75) is 51.2 Å². The maximum atomic E-state index is 11.2. The summed E-state index contributed by atoms with van der Waals surface area (Å²) < 4.78 is 2.26. The molecular formula is C25H32N2O. The van der Waals surface area contributed by atoms with Gasteiger partial charge in [-0.2, -0.15) is 0 Å². The van der Waals surface area contributed by atoms with E-state index in [9.17, 15) is 5.11 Å². The molecule has 0 spiro atoms. The van der Waals surface area contributed by atoms with E-state index in [4.69, 9.17) is 0 Å². The molecule has 1 fully saturated rings. The summed E-state index contributed by atoms with van der Waals surface area (Å²) in [5.74, 6) is 0.769. The Morgan fingerprint density at radius 1 is 1.00 bits per heavy atom. The van der Waals surface area contributed by atoms with E-state index in [0.717, 1.165) is 18.0 Å². The van der Waals surface area contributed by atoms with Crippen molar-refractivity contribution >= 4 is 10.9 Å². The van der Waals surface area contributed by atoms with Gasteiger partial charge in [-0.25, -0.2) is 0 Å². The molecule has 3 heteroatoms. The maximum absolute atomic E-state index is 11.2. The highest BCUT2D eigenvalue weighted by Crippen LogP contribution is 2.30. The second kappa shape index (κ2) is 8.93. The fourth-order valence-corrected chi connectivity index (χ4v) is 4.77. The monoisotopic (exact) mass is 376 g/mol. The van der Waals surface area contributed by atoms with Crippen molar-refractivity contribution in [2.24, 2.45) is 5.92 Å². The predicted molar refractivity (Wildman–Crippen MR) is 117 cm³/mol. The van der Waals surface area contributed by atoms with Crippen molar-refractivity contribution in [2.75, 3.05) is 13.1 Å². The summed E-state index contributed by atoms with van der Waals surface area (Å²) in [7, 11) is 0. The number of aliphatic hydroxyl groups is 1. The highest BCUT2D eigenvalue weighted by atomic mass is 16.3. The average molecular weight is 377 g/mol. The fraction of sp³-hybridized carbons (Fsp3) is 0.440. The first-order valence-electron chi connectivity index (χ1n) is 10.7. The standard InChI is InChI=1S/C25H32N2O/c1-19-18-27(23-15-9-8-14-22(19)23)25(21-12-6-3-7-13-21)24(28)17-26-16-20-10-4-2-5-11-20/h3,6-9,12-15,18,20,24-26,28H,2,4-5,10-11,16-17H2,1H3/t24-,25+/m0/s1. The van der Waals surface area contributed by atoms with E-state index in [1.807, 2.05) is 6.07 Å². The summed E-state index contributed by atoms with van der Waals surface area (Å²) in [6, 6.07) is 18.8. The van der Waals surface area contributed by atoms with E-state index in [1.165, 1.54) is 48.6 Å². The first kappa shape index (κ1) is 19.2. The Bertz CT molecular complexity index is 880. The molecule has 0 unspecified atom stereocenters. The van der Waals surface area contributed by atoms with Gasteiger partial charge in [0.15, 0.2) is 0 Å². The molecule has 3 nitrogen and oxygen atoms in total. The van der Waals surface area contributed by atoms with Crippen LogP contribution in [0.5, 0.6) is 0 Å². The molecule has 148 valence electrons. The second-order valence-corrected chi connectivity index (χ2v) is 8.32. The molecule has 1 heterocycles. The first-order chi connectivity index (χ1) is 13.7.